The van der Waals surface area contributed by atoms with Gasteiger partial charge in [0.2, 0.25) is 11.8 Å². The molecule has 6 rings (SSSR count). The van der Waals surface area contributed by atoms with Crippen LogP contribution in [0.2, 0.25) is 0 Å². The molecule has 3 aliphatic rings. The van der Waals surface area contributed by atoms with Gasteiger partial charge in [-0.3, -0.25) is 24.3 Å². The first-order valence-corrected chi connectivity index (χ1v) is 17.0. The van der Waals surface area contributed by atoms with Crippen molar-refractivity contribution in [3.63, 3.8) is 0 Å². The number of ether oxygens (including phenoxy) is 1. The van der Waals surface area contributed by atoms with Crippen molar-refractivity contribution in [1.82, 2.24) is 24.5 Å². The van der Waals surface area contributed by atoms with Crippen LogP contribution in [0, 0.1) is 0 Å². The largest absolute Gasteiger partial charge is 0.457 e. The fourth-order valence-electron chi connectivity index (χ4n) is 7.12. The molecular weight excluding hydrogens is 590 g/mol. The number of aliphatic hydroxyl groups is 1. The molecule has 0 radical (unpaired) electrons. The van der Waals surface area contributed by atoms with E-state index < -0.39 is 17.2 Å². The molecule has 1 atom stereocenters. The topological polar surface area (TPSA) is 128 Å². The van der Waals surface area contributed by atoms with Crippen molar-refractivity contribution in [3.8, 4) is 22.9 Å². The van der Waals surface area contributed by atoms with Gasteiger partial charge < -0.3 is 20.1 Å². The van der Waals surface area contributed by atoms with Gasteiger partial charge in [0.15, 0.2) is 5.82 Å². The summed E-state index contributed by atoms with van der Waals surface area (Å²) >= 11 is 0.897. The predicted molar refractivity (Wildman–Crippen MR) is 173 cm³/mol. The van der Waals surface area contributed by atoms with Crippen molar-refractivity contribution in [2.24, 2.45) is 0 Å². The molecule has 240 valence electrons. The van der Waals surface area contributed by atoms with Gasteiger partial charge in [-0.1, -0.05) is 44.7 Å². The van der Waals surface area contributed by atoms with Crippen LogP contribution in [0.5, 0.6) is 11.5 Å². The zero-order chi connectivity index (χ0) is 31.4. The standard InChI is InChI=1S/C34H43N5O5S/c1-2-3-19-39-30(40)28(22-33(43)15-5-4-6-16-33)35-31(41)34(39)17-20-38(21-18-34)23-24-7-11-26(12-8-24)44-27-13-9-25(10-14-27)29-36-32(42)45-37-29/h7-14,28,43H,2-6,15-23H2,1H3,(H,35,41)(H,36,37,42)/t28-/m1/s1. The number of likely N-dealkylation sites (tertiary alicyclic amines) is 1. The number of aromatic amines is 1. The minimum atomic E-state index is -0.869. The van der Waals surface area contributed by atoms with Crippen molar-refractivity contribution >= 4 is 23.3 Å². The Morgan fingerprint density at radius 1 is 0.956 bits per heavy atom. The highest BCUT2D eigenvalue weighted by atomic mass is 32.1. The van der Waals surface area contributed by atoms with E-state index in [4.69, 9.17) is 4.74 Å². The summed E-state index contributed by atoms with van der Waals surface area (Å²) in [6.45, 7) is 4.86. The number of rotatable bonds is 10. The van der Waals surface area contributed by atoms with Crippen molar-refractivity contribution in [1.29, 1.82) is 0 Å². The van der Waals surface area contributed by atoms with E-state index in [9.17, 15) is 19.5 Å². The van der Waals surface area contributed by atoms with Gasteiger partial charge in [-0.2, -0.15) is 4.37 Å². The smallest absolute Gasteiger partial charge is 0.323 e. The minimum absolute atomic E-state index is 0.0289. The Labute approximate surface area is 268 Å². The number of nitrogens with zero attached hydrogens (tertiary/aromatic N) is 3. The third kappa shape index (κ3) is 7.00. The molecule has 45 heavy (non-hydrogen) atoms. The van der Waals surface area contributed by atoms with Crippen LogP contribution >= 0.6 is 11.5 Å². The summed E-state index contributed by atoms with van der Waals surface area (Å²) in [5.74, 6) is 1.87. The fourth-order valence-corrected chi connectivity index (χ4v) is 7.59. The number of hydrogen-bond acceptors (Lipinski definition) is 8. The van der Waals surface area contributed by atoms with Crippen LogP contribution in [0.15, 0.2) is 53.3 Å². The highest BCUT2D eigenvalue weighted by Crippen LogP contribution is 2.38. The highest BCUT2D eigenvalue weighted by molar-refractivity contribution is 7.03. The number of piperidine rings is 1. The first kappa shape index (κ1) is 31.4. The third-order valence-electron chi connectivity index (χ3n) is 9.73. The maximum absolute atomic E-state index is 13.8. The van der Waals surface area contributed by atoms with Gasteiger partial charge >= 0.3 is 4.87 Å². The Kier molecular flexibility index (Phi) is 9.39. The lowest BCUT2D eigenvalue weighted by Crippen LogP contribution is -2.73. The summed E-state index contributed by atoms with van der Waals surface area (Å²) < 4.78 is 10.1. The number of aromatic nitrogens is 2. The zero-order valence-electron chi connectivity index (χ0n) is 25.9. The second-order valence-corrected chi connectivity index (χ2v) is 13.6. The van der Waals surface area contributed by atoms with Gasteiger partial charge in [-0.25, -0.2) is 0 Å². The number of amides is 2. The van der Waals surface area contributed by atoms with Crippen LogP contribution in [-0.2, 0) is 16.1 Å². The number of H-pyrrole nitrogens is 1. The van der Waals surface area contributed by atoms with Gasteiger partial charge in [-0.15, -0.1) is 0 Å². The van der Waals surface area contributed by atoms with Crippen LogP contribution < -0.4 is 14.9 Å². The number of unbranched alkanes of at least 4 members (excludes halogenated alkanes) is 1. The molecule has 3 N–H and O–H groups in total. The average Bonchev–Trinajstić information content (AvgIpc) is 3.48. The Morgan fingerprint density at radius 3 is 2.24 bits per heavy atom. The van der Waals surface area contributed by atoms with E-state index >= 15 is 0 Å². The van der Waals surface area contributed by atoms with Crippen LogP contribution in [-0.4, -0.2) is 72.9 Å². The molecule has 1 aromatic heterocycles. The second-order valence-electron chi connectivity index (χ2n) is 12.9. The fraction of sp³-hybridized carbons (Fsp3) is 0.529. The van der Waals surface area contributed by atoms with Crippen LogP contribution in [0.25, 0.3) is 11.4 Å². The summed E-state index contributed by atoms with van der Waals surface area (Å²) in [4.78, 5) is 45.7. The molecule has 2 aromatic carbocycles. The van der Waals surface area contributed by atoms with Crippen molar-refractivity contribution in [2.75, 3.05) is 19.6 Å². The van der Waals surface area contributed by atoms with E-state index in [1.54, 1.807) is 0 Å². The first-order chi connectivity index (χ1) is 21.8. The molecule has 2 amide bonds. The number of carbonyl (C=O) groups excluding carboxylic acids is 2. The summed E-state index contributed by atoms with van der Waals surface area (Å²) in [6.07, 6.45) is 7.73. The van der Waals surface area contributed by atoms with Crippen LogP contribution in [0.1, 0.15) is 76.7 Å². The van der Waals surface area contributed by atoms with E-state index in [-0.39, 0.29) is 16.7 Å². The summed E-state index contributed by atoms with van der Waals surface area (Å²) in [7, 11) is 0. The van der Waals surface area contributed by atoms with E-state index in [0.29, 0.717) is 63.3 Å². The summed E-state index contributed by atoms with van der Waals surface area (Å²) in [5.41, 5.74) is 0.275. The number of carbonyl (C=O) groups is 2. The normalized spacial score (nSPS) is 21.6. The SMILES string of the molecule is CCCCN1C(=O)[C@@H](CC2(O)CCCCC2)NC(=O)C12CCN(Cc1ccc(Oc3ccc(-c4nsc(=O)[nH]4)cc3)cc1)CC2. The minimum Gasteiger partial charge on any atom is -0.457 e. The van der Waals surface area contributed by atoms with Gasteiger partial charge in [0.25, 0.3) is 0 Å². The van der Waals surface area contributed by atoms with E-state index in [1.807, 2.05) is 41.3 Å². The molecule has 11 heteroatoms. The molecule has 1 aliphatic carbocycles. The van der Waals surface area contributed by atoms with Gasteiger partial charge in [0.1, 0.15) is 23.1 Å². The quantitative estimate of drug-likeness (QED) is 0.292. The first-order valence-electron chi connectivity index (χ1n) is 16.3. The molecule has 0 bridgehead atoms. The molecule has 1 spiro atoms. The molecule has 3 heterocycles. The number of piperazine rings is 1. The Balaban J connectivity index is 1.05. The molecule has 3 aromatic rings. The third-order valence-corrected chi connectivity index (χ3v) is 10.3. The van der Waals surface area contributed by atoms with E-state index in [0.717, 1.165) is 67.1 Å². The molecular formula is C34H43N5O5S. The van der Waals surface area contributed by atoms with E-state index in [2.05, 4.69) is 38.6 Å². The Bertz CT molecular complexity index is 1520. The Hall–Kier alpha value is -3.54. The van der Waals surface area contributed by atoms with Crippen LogP contribution in [0.4, 0.5) is 0 Å². The van der Waals surface area contributed by atoms with E-state index in [1.165, 1.54) is 0 Å². The van der Waals surface area contributed by atoms with Crippen LogP contribution in [0.3, 0.4) is 0 Å². The lowest BCUT2D eigenvalue weighted by atomic mass is 9.77. The van der Waals surface area contributed by atoms with Crippen molar-refractivity contribution < 1.29 is 19.4 Å². The molecule has 10 nitrogen and oxygen atoms in total. The molecule has 2 saturated heterocycles. The lowest BCUT2D eigenvalue weighted by Gasteiger charge is -2.52. The van der Waals surface area contributed by atoms with Gasteiger partial charge in [0, 0.05) is 49.7 Å². The number of benzene rings is 2. The van der Waals surface area contributed by atoms with Gasteiger partial charge in [-0.05, 0) is 74.1 Å². The second kappa shape index (κ2) is 13.4. The maximum atomic E-state index is 13.8. The zero-order valence-corrected chi connectivity index (χ0v) is 26.7. The summed E-state index contributed by atoms with van der Waals surface area (Å²) in [6, 6.07) is 14.8. The average molecular weight is 634 g/mol. The number of nitrogens with one attached hydrogen (secondary N) is 2. The summed E-state index contributed by atoms with van der Waals surface area (Å²) in [5, 5.41) is 14.2. The highest BCUT2D eigenvalue weighted by Gasteiger charge is 2.54. The molecule has 2 aliphatic heterocycles. The monoisotopic (exact) mass is 633 g/mol. The molecule has 0 unspecified atom stereocenters. The molecule has 1 saturated carbocycles. The maximum Gasteiger partial charge on any atom is 0.323 e. The predicted octanol–water partition coefficient (Wildman–Crippen LogP) is 4.84. The van der Waals surface area contributed by atoms with Crippen molar-refractivity contribution in [2.45, 2.75) is 94.9 Å². The Morgan fingerprint density at radius 2 is 1.62 bits per heavy atom. The van der Waals surface area contributed by atoms with Gasteiger partial charge in [0.05, 0.1) is 5.60 Å². The number of hydrogen-bond donors (Lipinski definition) is 3. The van der Waals surface area contributed by atoms with Crippen molar-refractivity contribution in [3.05, 3.63) is 63.8 Å². The molecule has 3 fully saturated rings. The lowest BCUT2D eigenvalue weighted by molar-refractivity contribution is -0.163.